The maximum absolute atomic E-state index is 12.9. The zero-order valence-corrected chi connectivity index (χ0v) is 18.8. The van der Waals surface area contributed by atoms with Crippen LogP contribution in [0.5, 0.6) is 0 Å². The molecule has 1 aliphatic rings. The fraction of sp³-hybridized carbons (Fsp3) is 0.292. The van der Waals surface area contributed by atoms with E-state index in [1.165, 1.54) is 10.9 Å². The summed E-state index contributed by atoms with van der Waals surface area (Å²) in [6, 6.07) is 9.77. The molecule has 9 heteroatoms. The Morgan fingerprint density at radius 2 is 1.79 bits per heavy atom. The van der Waals surface area contributed by atoms with Gasteiger partial charge in [-0.1, -0.05) is 0 Å². The predicted octanol–water partition coefficient (Wildman–Crippen LogP) is 2.15. The molecule has 0 saturated carbocycles. The van der Waals surface area contributed by atoms with E-state index in [0.29, 0.717) is 23.3 Å². The highest BCUT2D eigenvalue weighted by Crippen LogP contribution is 2.26. The number of nitrogens with one attached hydrogen (secondary N) is 1. The van der Waals surface area contributed by atoms with E-state index < -0.39 is 0 Å². The molecule has 4 aromatic heterocycles. The van der Waals surface area contributed by atoms with E-state index in [1.54, 1.807) is 19.4 Å². The van der Waals surface area contributed by atoms with Crippen molar-refractivity contribution in [2.24, 2.45) is 7.05 Å². The number of anilines is 2. The Hall–Kier alpha value is -3.85. The van der Waals surface area contributed by atoms with Crippen LogP contribution < -0.4 is 15.8 Å². The van der Waals surface area contributed by atoms with Gasteiger partial charge in [0.05, 0.1) is 17.5 Å². The number of hydrogen-bond acceptors (Lipinski definition) is 8. The Kier molecular flexibility index (Phi) is 5.70. The van der Waals surface area contributed by atoms with Crippen molar-refractivity contribution in [2.45, 2.75) is 6.54 Å². The molecule has 0 amide bonds. The minimum absolute atomic E-state index is 0.139. The molecule has 0 aromatic carbocycles. The number of hydrogen-bond donors (Lipinski definition) is 1. The van der Waals surface area contributed by atoms with Gasteiger partial charge in [-0.15, -0.1) is 0 Å². The summed E-state index contributed by atoms with van der Waals surface area (Å²) in [7, 11) is 3.83. The molecule has 5 heterocycles. The van der Waals surface area contributed by atoms with Crippen LogP contribution in [0.1, 0.15) is 5.56 Å². The largest absolute Gasteiger partial charge is 0.365 e. The van der Waals surface area contributed by atoms with Gasteiger partial charge in [0.15, 0.2) is 0 Å². The number of aromatic nitrogens is 5. The van der Waals surface area contributed by atoms with Gasteiger partial charge in [-0.25, -0.2) is 15.0 Å². The van der Waals surface area contributed by atoms with E-state index in [2.05, 4.69) is 32.1 Å². The molecule has 1 aliphatic heterocycles. The zero-order chi connectivity index (χ0) is 22.8. The summed E-state index contributed by atoms with van der Waals surface area (Å²) in [6.45, 7) is 4.51. The molecular weight excluding hydrogens is 416 g/mol. The quantitative estimate of drug-likeness (QED) is 0.503. The second-order valence-electron chi connectivity index (χ2n) is 8.32. The Morgan fingerprint density at radius 1 is 1.00 bits per heavy atom. The van der Waals surface area contributed by atoms with Gasteiger partial charge in [0.2, 0.25) is 0 Å². The van der Waals surface area contributed by atoms with Gasteiger partial charge in [0, 0.05) is 63.9 Å². The Labute approximate surface area is 191 Å². The lowest BCUT2D eigenvalue weighted by molar-refractivity contribution is 0.312. The molecular formula is C24H26N8O. The van der Waals surface area contributed by atoms with Gasteiger partial charge in [-0.2, -0.15) is 0 Å². The average Bonchev–Trinajstić information content (AvgIpc) is 2.86. The first kappa shape index (κ1) is 21.0. The van der Waals surface area contributed by atoms with Crippen molar-refractivity contribution in [1.82, 2.24) is 29.4 Å². The standard InChI is InChI=1S/C24H26N8O/c1-30-9-11-32(12-10-30)21-4-3-18(15-26-21)19-13-20-22(24(33)31(2)16-28-20)23(29-19)27-14-17-5-7-25-8-6-17/h3-8,13,15-16H,9-12,14H2,1-2H3,(H,27,29). The van der Waals surface area contributed by atoms with Crippen molar-refractivity contribution < 1.29 is 0 Å². The maximum Gasteiger partial charge on any atom is 0.264 e. The maximum atomic E-state index is 12.9. The number of likely N-dealkylation sites (N-methyl/N-ethyl adjacent to an activating group) is 1. The number of piperazine rings is 1. The van der Waals surface area contributed by atoms with Crippen molar-refractivity contribution in [1.29, 1.82) is 0 Å². The van der Waals surface area contributed by atoms with E-state index in [0.717, 1.165) is 48.8 Å². The summed E-state index contributed by atoms with van der Waals surface area (Å²) in [5, 5.41) is 3.80. The number of fused-ring (bicyclic) bond motifs is 1. The van der Waals surface area contributed by atoms with Gasteiger partial charge in [0.25, 0.3) is 5.56 Å². The third kappa shape index (κ3) is 4.40. The van der Waals surface area contributed by atoms with Crippen LogP contribution in [0.4, 0.5) is 11.6 Å². The minimum atomic E-state index is -0.139. The number of nitrogens with zero attached hydrogens (tertiary/aromatic N) is 7. The summed E-state index contributed by atoms with van der Waals surface area (Å²) < 4.78 is 1.47. The summed E-state index contributed by atoms with van der Waals surface area (Å²) in [6.07, 6.45) is 6.87. The van der Waals surface area contributed by atoms with Crippen molar-refractivity contribution in [3.8, 4) is 11.3 Å². The van der Waals surface area contributed by atoms with Gasteiger partial charge in [-0.05, 0) is 42.9 Å². The normalized spacial score (nSPS) is 14.5. The molecule has 1 fully saturated rings. The molecule has 9 nitrogen and oxygen atoms in total. The summed E-state index contributed by atoms with van der Waals surface area (Å²) in [5.74, 6) is 1.48. The van der Waals surface area contributed by atoms with Gasteiger partial charge >= 0.3 is 0 Å². The first-order chi connectivity index (χ1) is 16.1. The fourth-order valence-corrected chi connectivity index (χ4v) is 3.94. The van der Waals surface area contributed by atoms with E-state index in [1.807, 2.05) is 36.5 Å². The molecule has 0 aliphatic carbocycles. The van der Waals surface area contributed by atoms with Crippen molar-refractivity contribution in [3.05, 3.63) is 71.2 Å². The van der Waals surface area contributed by atoms with Crippen LogP contribution >= 0.6 is 0 Å². The summed E-state index contributed by atoms with van der Waals surface area (Å²) in [4.78, 5) is 35.5. The predicted molar refractivity (Wildman–Crippen MR) is 129 cm³/mol. The average molecular weight is 443 g/mol. The smallest absolute Gasteiger partial charge is 0.264 e. The van der Waals surface area contributed by atoms with Crippen LogP contribution in [0.2, 0.25) is 0 Å². The molecule has 0 spiro atoms. The van der Waals surface area contributed by atoms with Crippen molar-refractivity contribution in [3.63, 3.8) is 0 Å². The Balaban J connectivity index is 1.49. The van der Waals surface area contributed by atoms with Crippen LogP contribution in [0.25, 0.3) is 22.2 Å². The van der Waals surface area contributed by atoms with Crippen molar-refractivity contribution in [2.75, 3.05) is 43.4 Å². The van der Waals surface area contributed by atoms with Crippen LogP contribution in [0, 0.1) is 0 Å². The fourth-order valence-electron chi connectivity index (χ4n) is 3.94. The Bertz CT molecular complexity index is 1310. The monoisotopic (exact) mass is 442 g/mol. The number of rotatable bonds is 5. The Morgan fingerprint density at radius 3 is 2.52 bits per heavy atom. The molecule has 1 N–H and O–H groups in total. The van der Waals surface area contributed by atoms with E-state index in [9.17, 15) is 4.79 Å². The van der Waals surface area contributed by atoms with E-state index in [4.69, 9.17) is 9.97 Å². The molecule has 0 radical (unpaired) electrons. The van der Waals surface area contributed by atoms with E-state index in [-0.39, 0.29) is 5.56 Å². The van der Waals surface area contributed by atoms with Crippen LogP contribution in [-0.4, -0.2) is 62.6 Å². The number of pyridine rings is 3. The molecule has 168 valence electrons. The van der Waals surface area contributed by atoms with Gasteiger partial charge in [0.1, 0.15) is 17.0 Å². The molecule has 33 heavy (non-hydrogen) atoms. The lowest BCUT2D eigenvalue weighted by atomic mass is 10.1. The zero-order valence-electron chi connectivity index (χ0n) is 18.8. The highest BCUT2D eigenvalue weighted by molar-refractivity contribution is 5.91. The summed E-state index contributed by atoms with van der Waals surface area (Å²) in [5.41, 5.74) is 3.11. The minimum Gasteiger partial charge on any atom is -0.365 e. The van der Waals surface area contributed by atoms with Crippen molar-refractivity contribution >= 4 is 22.5 Å². The second-order valence-corrected chi connectivity index (χ2v) is 8.32. The van der Waals surface area contributed by atoms with Crippen LogP contribution in [-0.2, 0) is 13.6 Å². The lowest BCUT2D eigenvalue weighted by Gasteiger charge is -2.33. The van der Waals surface area contributed by atoms with E-state index >= 15 is 0 Å². The summed E-state index contributed by atoms with van der Waals surface area (Å²) >= 11 is 0. The molecule has 4 aromatic rings. The number of aryl methyl sites for hydroxylation is 1. The van der Waals surface area contributed by atoms with Crippen LogP contribution in [0.3, 0.4) is 0 Å². The molecule has 1 saturated heterocycles. The molecule has 0 bridgehead atoms. The molecule has 0 atom stereocenters. The second kappa shape index (κ2) is 8.95. The van der Waals surface area contributed by atoms with Gasteiger partial charge < -0.3 is 19.7 Å². The molecule has 5 rings (SSSR count). The topological polar surface area (TPSA) is 92.1 Å². The first-order valence-corrected chi connectivity index (χ1v) is 11.0. The SMILES string of the molecule is CN1CCN(c2ccc(-c3cc4ncn(C)c(=O)c4c(NCc4ccncc4)n3)cn2)CC1. The third-order valence-corrected chi connectivity index (χ3v) is 5.98. The van der Waals surface area contributed by atoms with Crippen LogP contribution in [0.15, 0.2) is 60.0 Å². The van der Waals surface area contributed by atoms with Gasteiger partial charge in [-0.3, -0.25) is 9.78 Å². The third-order valence-electron chi connectivity index (χ3n) is 5.98. The highest BCUT2D eigenvalue weighted by atomic mass is 16.1. The molecule has 0 unspecified atom stereocenters. The highest BCUT2D eigenvalue weighted by Gasteiger charge is 2.17. The first-order valence-electron chi connectivity index (χ1n) is 11.0. The lowest BCUT2D eigenvalue weighted by Crippen LogP contribution is -2.44.